The summed E-state index contributed by atoms with van der Waals surface area (Å²) in [5.41, 5.74) is 0.688. The Labute approximate surface area is 95.5 Å². The molecule has 0 aliphatic rings. The van der Waals surface area contributed by atoms with E-state index in [2.05, 4.69) is 0 Å². The van der Waals surface area contributed by atoms with Gasteiger partial charge in [0.25, 0.3) is 5.56 Å². The second-order valence-electron chi connectivity index (χ2n) is 3.66. The quantitative estimate of drug-likeness (QED) is 0.763. The van der Waals surface area contributed by atoms with Crippen LogP contribution in [0.3, 0.4) is 0 Å². The van der Waals surface area contributed by atoms with Crippen molar-refractivity contribution in [2.45, 2.75) is 27.3 Å². The summed E-state index contributed by atoms with van der Waals surface area (Å²) in [7, 11) is 0. The molecule has 0 spiro atoms. The van der Waals surface area contributed by atoms with Gasteiger partial charge in [-0.15, -0.1) is 0 Å². The van der Waals surface area contributed by atoms with Crippen LogP contribution in [0.2, 0.25) is 0 Å². The van der Waals surface area contributed by atoms with Crippen molar-refractivity contribution in [1.29, 1.82) is 0 Å². The van der Waals surface area contributed by atoms with Gasteiger partial charge in [-0.3, -0.25) is 9.59 Å². The number of carbonyl (C=O) groups excluding carboxylic acids is 1. The van der Waals surface area contributed by atoms with Crippen LogP contribution in [0.25, 0.3) is 0 Å². The van der Waals surface area contributed by atoms with E-state index in [0.29, 0.717) is 13.1 Å². The van der Waals surface area contributed by atoms with E-state index in [1.807, 2.05) is 26.8 Å². The molecule has 0 bridgehead atoms. The number of nitrogens with zero attached hydrogens (tertiary/aromatic N) is 2. The third kappa shape index (κ3) is 2.72. The third-order valence-corrected chi connectivity index (χ3v) is 2.68. The number of hydrogen-bond donors (Lipinski definition) is 0. The van der Waals surface area contributed by atoms with Gasteiger partial charge in [0.05, 0.1) is 0 Å². The SMILES string of the molecule is CCN(CC)C(=O)Cn1c(C)cccc1=O. The molecule has 1 rings (SSSR count). The summed E-state index contributed by atoms with van der Waals surface area (Å²) in [4.78, 5) is 25.1. The summed E-state index contributed by atoms with van der Waals surface area (Å²) < 4.78 is 1.50. The van der Waals surface area contributed by atoms with Crippen LogP contribution in [0.1, 0.15) is 19.5 Å². The van der Waals surface area contributed by atoms with Gasteiger partial charge in [-0.05, 0) is 26.8 Å². The largest absolute Gasteiger partial charge is 0.342 e. The normalized spacial score (nSPS) is 10.2. The Morgan fingerprint density at radius 1 is 1.31 bits per heavy atom. The average Bonchev–Trinajstić information content (AvgIpc) is 2.25. The Morgan fingerprint density at radius 2 is 1.94 bits per heavy atom. The van der Waals surface area contributed by atoms with Crippen LogP contribution in [0.5, 0.6) is 0 Å². The molecule has 0 unspecified atom stereocenters. The second-order valence-corrected chi connectivity index (χ2v) is 3.66. The van der Waals surface area contributed by atoms with Crippen LogP contribution in [-0.4, -0.2) is 28.5 Å². The first kappa shape index (κ1) is 12.5. The average molecular weight is 222 g/mol. The minimum absolute atomic E-state index is 0.0126. The summed E-state index contributed by atoms with van der Waals surface area (Å²) in [6.07, 6.45) is 0. The third-order valence-electron chi connectivity index (χ3n) is 2.68. The van der Waals surface area contributed by atoms with Crippen molar-refractivity contribution < 1.29 is 4.79 Å². The lowest BCUT2D eigenvalue weighted by molar-refractivity contribution is -0.131. The zero-order valence-corrected chi connectivity index (χ0v) is 10.1. The van der Waals surface area contributed by atoms with Crippen molar-refractivity contribution >= 4 is 5.91 Å². The number of rotatable bonds is 4. The molecule has 88 valence electrons. The highest BCUT2D eigenvalue weighted by atomic mass is 16.2. The van der Waals surface area contributed by atoms with E-state index in [0.717, 1.165) is 5.69 Å². The standard InChI is InChI=1S/C12H18N2O2/c1-4-13(5-2)12(16)9-14-10(3)7-6-8-11(14)15/h6-8H,4-5,9H2,1-3H3. The molecule has 0 saturated heterocycles. The molecule has 1 heterocycles. The van der Waals surface area contributed by atoms with Gasteiger partial charge < -0.3 is 9.47 Å². The van der Waals surface area contributed by atoms with Gasteiger partial charge in [-0.25, -0.2) is 0 Å². The molecule has 0 aliphatic heterocycles. The summed E-state index contributed by atoms with van der Waals surface area (Å²) in [6, 6.07) is 5.01. The molecule has 4 nitrogen and oxygen atoms in total. The summed E-state index contributed by atoms with van der Waals surface area (Å²) >= 11 is 0. The lowest BCUT2D eigenvalue weighted by Crippen LogP contribution is -2.36. The van der Waals surface area contributed by atoms with Crippen LogP contribution < -0.4 is 5.56 Å². The Kier molecular flexibility index (Phi) is 4.28. The molecule has 0 atom stereocenters. The van der Waals surface area contributed by atoms with Crippen LogP contribution >= 0.6 is 0 Å². The van der Waals surface area contributed by atoms with E-state index >= 15 is 0 Å². The van der Waals surface area contributed by atoms with E-state index in [1.165, 1.54) is 10.6 Å². The highest BCUT2D eigenvalue weighted by Gasteiger charge is 2.11. The minimum Gasteiger partial charge on any atom is -0.342 e. The molecular formula is C12H18N2O2. The number of carbonyl (C=O) groups is 1. The lowest BCUT2D eigenvalue weighted by Gasteiger charge is -2.19. The number of pyridine rings is 1. The lowest BCUT2D eigenvalue weighted by atomic mass is 10.3. The fraction of sp³-hybridized carbons (Fsp3) is 0.500. The Bertz CT molecular complexity index is 419. The van der Waals surface area contributed by atoms with Crippen LogP contribution in [0.15, 0.2) is 23.0 Å². The number of aryl methyl sites for hydroxylation is 1. The van der Waals surface area contributed by atoms with Gasteiger partial charge in [-0.1, -0.05) is 6.07 Å². The molecular weight excluding hydrogens is 204 g/mol. The summed E-state index contributed by atoms with van der Waals surface area (Å²) in [5, 5.41) is 0. The molecule has 4 heteroatoms. The summed E-state index contributed by atoms with van der Waals surface area (Å²) in [5.74, 6) is -0.0126. The molecule has 1 aromatic heterocycles. The predicted molar refractivity (Wildman–Crippen MR) is 63.4 cm³/mol. The van der Waals surface area contributed by atoms with E-state index in [1.54, 1.807) is 11.0 Å². The smallest absolute Gasteiger partial charge is 0.251 e. The van der Waals surface area contributed by atoms with Gasteiger partial charge in [0.2, 0.25) is 5.91 Å². The second kappa shape index (κ2) is 5.49. The summed E-state index contributed by atoms with van der Waals surface area (Å²) in [6.45, 7) is 7.18. The van der Waals surface area contributed by atoms with Gasteiger partial charge in [0.15, 0.2) is 0 Å². The van der Waals surface area contributed by atoms with Crippen LogP contribution in [0.4, 0.5) is 0 Å². The highest BCUT2D eigenvalue weighted by Crippen LogP contribution is 1.97. The van der Waals surface area contributed by atoms with Gasteiger partial charge >= 0.3 is 0 Å². The number of aromatic nitrogens is 1. The van der Waals surface area contributed by atoms with Crippen molar-refractivity contribution in [2.75, 3.05) is 13.1 Å². The molecule has 0 N–H and O–H groups in total. The minimum atomic E-state index is -0.125. The fourth-order valence-electron chi connectivity index (χ4n) is 1.64. The fourth-order valence-corrected chi connectivity index (χ4v) is 1.64. The van der Waals surface area contributed by atoms with Crippen molar-refractivity contribution in [3.63, 3.8) is 0 Å². The maximum Gasteiger partial charge on any atom is 0.251 e. The maximum absolute atomic E-state index is 11.8. The van der Waals surface area contributed by atoms with Gasteiger partial charge in [0.1, 0.15) is 6.54 Å². The van der Waals surface area contributed by atoms with Gasteiger partial charge in [-0.2, -0.15) is 0 Å². The highest BCUT2D eigenvalue weighted by molar-refractivity contribution is 5.76. The molecule has 0 aliphatic carbocycles. The van der Waals surface area contributed by atoms with E-state index in [-0.39, 0.29) is 18.0 Å². The Balaban J connectivity index is 2.89. The van der Waals surface area contributed by atoms with Gasteiger partial charge in [0, 0.05) is 24.8 Å². The molecule has 1 amide bonds. The van der Waals surface area contributed by atoms with E-state index in [4.69, 9.17) is 0 Å². The number of likely N-dealkylation sites (N-methyl/N-ethyl adjacent to an activating group) is 1. The molecule has 0 aromatic carbocycles. The Morgan fingerprint density at radius 3 is 2.44 bits per heavy atom. The first-order valence-electron chi connectivity index (χ1n) is 5.54. The first-order valence-corrected chi connectivity index (χ1v) is 5.54. The van der Waals surface area contributed by atoms with Crippen LogP contribution in [0, 0.1) is 6.92 Å². The topological polar surface area (TPSA) is 42.3 Å². The van der Waals surface area contributed by atoms with Crippen molar-refractivity contribution in [3.05, 3.63) is 34.2 Å². The van der Waals surface area contributed by atoms with E-state index in [9.17, 15) is 9.59 Å². The monoisotopic (exact) mass is 222 g/mol. The predicted octanol–water partition coefficient (Wildman–Crippen LogP) is 1.03. The number of amides is 1. The van der Waals surface area contributed by atoms with Crippen molar-refractivity contribution in [3.8, 4) is 0 Å². The maximum atomic E-state index is 11.8. The molecule has 0 fully saturated rings. The van der Waals surface area contributed by atoms with Crippen molar-refractivity contribution in [1.82, 2.24) is 9.47 Å². The first-order chi connectivity index (χ1) is 7.60. The zero-order valence-electron chi connectivity index (χ0n) is 10.1. The number of hydrogen-bond acceptors (Lipinski definition) is 2. The van der Waals surface area contributed by atoms with Crippen LogP contribution in [-0.2, 0) is 11.3 Å². The van der Waals surface area contributed by atoms with E-state index < -0.39 is 0 Å². The molecule has 16 heavy (non-hydrogen) atoms. The van der Waals surface area contributed by atoms with Crippen molar-refractivity contribution in [2.24, 2.45) is 0 Å². The molecule has 1 aromatic rings. The Hall–Kier alpha value is -1.58. The molecule has 0 saturated carbocycles. The zero-order chi connectivity index (χ0) is 12.1. The molecule has 0 radical (unpaired) electrons.